The molecule has 2 aliphatic heterocycles. The van der Waals surface area contributed by atoms with Gasteiger partial charge in [0.15, 0.2) is 0 Å². The van der Waals surface area contributed by atoms with E-state index in [2.05, 4.69) is 0 Å². The maximum atomic E-state index is 13.6. The number of benzene rings is 2. The fraction of sp³-hybridized carbons (Fsp3) is 0.367. The number of aliphatic hydroxyl groups excluding tert-OH is 2. The molecule has 0 amide bonds. The molecule has 2 aromatic carbocycles. The monoisotopic (exact) mass is 505 g/mol. The van der Waals surface area contributed by atoms with E-state index in [4.69, 9.17) is 4.99 Å². The lowest BCUT2D eigenvalue weighted by atomic mass is 9.87. The number of likely N-dealkylation sites (tertiary alicyclic amines) is 1. The molecule has 1 fully saturated rings. The molecule has 3 unspecified atom stereocenters. The summed E-state index contributed by atoms with van der Waals surface area (Å²) in [6.07, 6.45) is 7.81. The molecule has 5 nitrogen and oxygen atoms in total. The second kappa shape index (κ2) is 11.5. The molecule has 5 rings (SSSR count). The first kappa shape index (κ1) is 25.5. The summed E-state index contributed by atoms with van der Waals surface area (Å²) < 4.78 is 27.1. The Kier molecular flexibility index (Phi) is 7.93. The first-order valence-electron chi connectivity index (χ1n) is 13.0. The zero-order valence-corrected chi connectivity index (χ0v) is 20.8. The summed E-state index contributed by atoms with van der Waals surface area (Å²) in [5.74, 6) is 0.260. The van der Waals surface area contributed by atoms with Gasteiger partial charge in [-0.25, -0.2) is 13.8 Å². The highest BCUT2D eigenvalue weighted by molar-refractivity contribution is 6.00. The molecule has 1 aliphatic carbocycles. The van der Waals surface area contributed by atoms with E-state index in [1.54, 1.807) is 18.2 Å². The van der Waals surface area contributed by atoms with E-state index in [0.717, 1.165) is 29.7 Å². The number of aliphatic imine (C=N–C) groups is 1. The minimum Gasteiger partial charge on any atom is -0.388 e. The summed E-state index contributed by atoms with van der Waals surface area (Å²) in [4.78, 5) is 8.95. The van der Waals surface area contributed by atoms with Crippen LogP contribution in [0.2, 0.25) is 0 Å². The molecule has 0 saturated carbocycles. The predicted octanol–water partition coefficient (Wildman–Crippen LogP) is 4.97. The van der Waals surface area contributed by atoms with Crippen LogP contribution in [-0.4, -0.2) is 58.3 Å². The number of hydrogen-bond donors (Lipinski definition) is 2. The van der Waals surface area contributed by atoms with Gasteiger partial charge in [0.05, 0.1) is 12.6 Å². The van der Waals surface area contributed by atoms with Gasteiger partial charge in [-0.3, -0.25) is 4.90 Å². The van der Waals surface area contributed by atoms with Gasteiger partial charge in [-0.2, -0.15) is 0 Å². The Morgan fingerprint density at radius 2 is 1.68 bits per heavy atom. The minimum atomic E-state index is -0.706. The first-order chi connectivity index (χ1) is 18.0. The number of allylic oxidation sites excluding steroid dienone is 4. The molecule has 2 N–H and O–H groups in total. The molecule has 2 heterocycles. The molecule has 0 bridgehead atoms. The van der Waals surface area contributed by atoms with Crippen LogP contribution in [0.5, 0.6) is 0 Å². The van der Waals surface area contributed by atoms with Crippen molar-refractivity contribution in [3.05, 3.63) is 107 Å². The molecule has 37 heavy (non-hydrogen) atoms. The largest absolute Gasteiger partial charge is 0.388 e. The molecule has 0 spiro atoms. The Morgan fingerprint density at radius 3 is 2.35 bits per heavy atom. The molecule has 3 atom stereocenters. The van der Waals surface area contributed by atoms with Crippen LogP contribution in [0.15, 0.2) is 95.4 Å². The van der Waals surface area contributed by atoms with Gasteiger partial charge in [-0.15, -0.1) is 0 Å². The van der Waals surface area contributed by atoms with Gasteiger partial charge >= 0.3 is 0 Å². The normalized spacial score (nSPS) is 22.8. The summed E-state index contributed by atoms with van der Waals surface area (Å²) in [6.45, 7) is 2.28. The van der Waals surface area contributed by atoms with E-state index in [9.17, 15) is 19.0 Å². The number of nitrogens with zero attached hydrogens (tertiary/aromatic N) is 3. The van der Waals surface area contributed by atoms with Crippen molar-refractivity contribution in [2.45, 2.75) is 31.6 Å². The van der Waals surface area contributed by atoms with Crippen molar-refractivity contribution in [1.29, 1.82) is 0 Å². The van der Waals surface area contributed by atoms with Gasteiger partial charge in [-0.1, -0.05) is 36.4 Å². The maximum absolute atomic E-state index is 13.6. The Hall–Kier alpha value is -3.13. The van der Waals surface area contributed by atoms with Crippen molar-refractivity contribution in [2.24, 2.45) is 16.8 Å². The highest BCUT2D eigenvalue weighted by atomic mass is 19.1. The number of hydrogen-bond acceptors (Lipinski definition) is 5. The van der Waals surface area contributed by atoms with Gasteiger partial charge < -0.3 is 15.1 Å². The lowest BCUT2D eigenvalue weighted by molar-refractivity contribution is -0.0413. The van der Waals surface area contributed by atoms with E-state index >= 15 is 0 Å². The molecule has 194 valence electrons. The zero-order valence-electron chi connectivity index (χ0n) is 20.8. The Balaban J connectivity index is 1.25. The van der Waals surface area contributed by atoms with E-state index < -0.39 is 12.3 Å². The van der Waals surface area contributed by atoms with Crippen molar-refractivity contribution in [3.8, 4) is 0 Å². The number of amidine groups is 1. The van der Waals surface area contributed by atoms with Gasteiger partial charge in [0.2, 0.25) is 0 Å². The molecule has 7 heteroatoms. The summed E-state index contributed by atoms with van der Waals surface area (Å²) in [6, 6.07) is 15.9. The lowest BCUT2D eigenvalue weighted by Crippen LogP contribution is -2.50. The molecule has 3 aliphatic rings. The van der Waals surface area contributed by atoms with Crippen molar-refractivity contribution < 1.29 is 19.0 Å². The third kappa shape index (κ3) is 6.06. The Morgan fingerprint density at radius 1 is 0.946 bits per heavy atom. The van der Waals surface area contributed by atoms with Gasteiger partial charge in [0, 0.05) is 36.8 Å². The molecular formula is C30H33F2N3O2. The summed E-state index contributed by atoms with van der Waals surface area (Å²) >= 11 is 0. The number of halogens is 2. The average Bonchev–Trinajstić information content (AvgIpc) is 2.94. The summed E-state index contributed by atoms with van der Waals surface area (Å²) in [5.41, 5.74) is 2.55. The van der Waals surface area contributed by atoms with Crippen LogP contribution in [0.25, 0.3) is 0 Å². The van der Waals surface area contributed by atoms with Crippen LogP contribution in [-0.2, 0) is 0 Å². The van der Waals surface area contributed by atoms with Crippen molar-refractivity contribution in [3.63, 3.8) is 0 Å². The van der Waals surface area contributed by atoms with Crippen LogP contribution >= 0.6 is 0 Å². The number of rotatable bonds is 7. The van der Waals surface area contributed by atoms with Crippen LogP contribution in [0.1, 0.15) is 36.5 Å². The zero-order chi connectivity index (χ0) is 25.8. The molecule has 1 saturated heterocycles. The predicted molar refractivity (Wildman–Crippen MR) is 141 cm³/mol. The topological polar surface area (TPSA) is 59.3 Å². The SMILES string of the molecule is OC(c1ccccc1)C1CCN(C(O)CN2CC=C(C3C=CC(F)=CC3)N=C2c2ccc(F)cc2)CC1. The average molecular weight is 506 g/mol. The summed E-state index contributed by atoms with van der Waals surface area (Å²) in [5, 5.41) is 21.9. The van der Waals surface area contributed by atoms with Gasteiger partial charge in [0.25, 0.3) is 0 Å². The van der Waals surface area contributed by atoms with Crippen molar-refractivity contribution >= 4 is 5.84 Å². The van der Waals surface area contributed by atoms with E-state index in [-0.39, 0.29) is 23.5 Å². The Labute approximate surface area is 216 Å². The summed E-state index contributed by atoms with van der Waals surface area (Å²) in [7, 11) is 0. The first-order valence-corrected chi connectivity index (χ1v) is 13.0. The highest BCUT2D eigenvalue weighted by Gasteiger charge is 2.31. The standard InChI is InChI=1S/C30H33F2N3O2/c31-25-10-6-21(7-11-25)27-16-19-35(30(33-27)24-8-12-26(32)13-9-24)20-28(36)34-17-14-23(15-18-34)29(37)22-4-2-1-3-5-22/h1-6,8-13,16,21,23,28-29,36-37H,7,14-15,17-20H2. The fourth-order valence-electron chi connectivity index (χ4n) is 5.35. The molecule has 0 radical (unpaired) electrons. The second-order valence-electron chi connectivity index (χ2n) is 9.98. The van der Waals surface area contributed by atoms with E-state index in [0.29, 0.717) is 38.4 Å². The van der Waals surface area contributed by atoms with Gasteiger partial charge in [-0.05, 0) is 73.2 Å². The molecule has 0 aromatic heterocycles. The minimum absolute atomic E-state index is 0.0166. The molecule has 2 aromatic rings. The second-order valence-corrected chi connectivity index (χ2v) is 9.98. The smallest absolute Gasteiger partial charge is 0.136 e. The van der Waals surface area contributed by atoms with Crippen LogP contribution in [0.4, 0.5) is 8.78 Å². The molecular weight excluding hydrogens is 472 g/mol. The fourth-order valence-corrected chi connectivity index (χ4v) is 5.35. The quantitative estimate of drug-likeness (QED) is 0.558. The van der Waals surface area contributed by atoms with Crippen LogP contribution in [0, 0.1) is 17.7 Å². The van der Waals surface area contributed by atoms with E-state index in [1.807, 2.05) is 52.3 Å². The van der Waals surface area contributed by atoms with Crippen LogP contribution < -0.4 is 0 Å². The van der Waals surface area contributed by atoms with Crippen molar-refractivity contribution in [2.75, 3.05) is 26.2 Å². The number of β-amino-alcohol motifs (C(OH)–C–C–N with tert-alkyl or cyclic N) is 1. The Bertz CT molecular complexity index is 1190. The lowest BCUT2D eigenvalue weighted by Gasteiger charge is -2.39. The highest BCUT2D eigenvalue weighted by Crippen LogP contribution is 2.32. The maximum Gasteiger partial charge on any atom is 0.136 e. The van der Waals surface area contributed by atoms with E-state index in [1.165, 1.54) is 18.2 Å². The third-order valence-electron chi connectivity index (χ3n) is 7.56. The number of aliphatic hydroxyl groups is 2. The number of piperidine rings is 1. The third-order valence-corrected chi connectivity index (χ3v) is 7.56. The van der Waals surface area contributed by atoms with Crippen LogP contribution in [0.3, 0.4) is 0 Å². The van der Waals surface area contributed by atoms with Crippen molar-refractivity contribution in [1.82, 2.24) is 9.80 Å². The van der Waals surface area contributed by atoms with Gasteiger partial charge in [0.1, 0.15) is 23.7 Å².